The highest BCUT2D eigenvalue weighted by molar-refractivity contribution is 5.97. The number of nitrogens with zero attached hydrogens (tertiary/aromatic N) is 1. The number of ketones is 1. The number of hydrogen-bond donors (Lipinski definition) is 0. The summed E-state index contributed by atoms with van der Waals surface area (Å²) in [5.74, 6) is 1.16. The fourth-order valence-corrected chi connectivity index (χ4v) is 2.62. The number of carbonyl (C=O) groups is 1. The Bertz CT molecular complexity index is 443. The first-order chi connectivity index (χ1) is 9.26. The van der Waals surface area contributed by atoms with Gasteiger partial charge in [0.15, 0.2) is 5.78 Å². The van der Waals surface area contributed by atoms with Crippen molar-refractivity contribution >= 4 is 5.78 Å². The zero-order valence-corrected chi connectivity index (χ0v) is 11.8. The molecule has 3 rings (SSSR count). The predicted octanol–water partition coefficient (Wildman–Crippen LogP) is 3.31. The van der Waals surface area contributed by atoms with Crippen LogP contribution in [-0.4, -0.2) is 29.8 Å². The highest BCUT2D eigenvalue weighted by Crippen LogP contribution is 2.34. The molecule has 0 amide bonds. The van der Waals surface area contributed by atoms with E-state index < -0.39 is 0 Å². The van der Waals surface area contributed by atoms with Gasteiger partial charge in [-0.3, -0.25) is 9.69 Å². The summed E-state index contributed by atoms with van der Waals surface area (Å²) in [5.41, 5.74) is 2.17. The van der Waals surface area contributed by atoms with Crippen molar-refractivity contribution < 1.29 is 4.79 Å². The van der Waals surface area contributed by atoms with Crippen LogP contribution >= 0.6 is 0 Å². The van der Waals surface area contributed by atoms with E-state index in [1.165, 1.54) is 31.2 Å². The molecule has 0 spiro atoms. The molecule has 2 aliphatic rings. The Hall–Kier alpha value is -1.15. The van der Waals surface area contributed by atoms with E-state index in [1.54, 1.807) is 0 Å². The zero-order valence-electron chi connectivity index (χ0n) is 11.8. The van der Waals surface area contributed by atoms with Gasteiger partial charge in [0.2, 0.25) is 0 Å². The zero-order chi connectivity index (χ0) is 13.2. The van der Waals surface area contributed by atoms with Crippen LogP contribution in [0.1, 0.15) is 48.5 Å². The number of benzene rings is 1. The van der Waals surface area contributed by atoms with E-state index in [9.17, 15) is 4.79 Å². The molecule has 2 nitrogen and oxygen atoms in total. The van der Waals surface area contributed by atoms with Gasteiger partial charge in [-0.25, -0.2) is 0 Å². The first-order valence-corrected chi connectivity index (χ1v) is 7.62. The Morgan fingerprint density at radius 3 is 2.37 bits per heavy atom. The topological polar surface area (TPSA) is 20.3 Å². The van der Waals surface area contributed by atoms with Crippen LogP contribution in [0.5, 0.6) is 0 Å². The molecule has 0 radical (unpaired) electrons. The predicted molar refractivity (Wildman–Crippen MR) is 77.5 cm³/mol. The van der Waals surface area contributed by atoms with Crippen LogP contribution in [0.2, 0.25) is 0 Å². The molecule has 0 heterocycles. The molecule has 0 unspecified atom stereocenters. The highest BCUT2D eigenvalue weighted by atomic mass is 16.1. The van der Waals surface area contributed by atoms with Crippen LogP contribution in [0.4, 0.5) is 0 Å². The van der Waals surface area contributed by atoms with Crippen molar-refractivity contribution in [3.63, 3.8) is 0 Å². The van der Waals surface area contributed by atoms with Crippen molar-refractivity contribution in [2.45, 2.75) is 45.1 Å². The van der Waals surface area contributed by atoms with Gasteiger partial charge in [0.1, 0.15) is 0 Å². The Labute approximate surface area is 115 Å². The summed E-state index contributed by atoms with van der Waals surface area (Å²) in [6, 6.07) is 8.83. The molecule has 2 saturated carbocycles. The molecule has 0 atom stereocenters. The summed E-state index contributed by atoms with van der Waals surface area (Å²) in [6.07, 6.45) is 6.33. The number of rotatable bonds is 7. The van der Waals surface area contributed by atoms with Crippen LogP contribution in [0.3, 0.4) is 0 Å². The summed E-state index contributed by atoms with van der Waals surface area (Å²) in [6.45, 7) is 3.90. The Morgan fingerprint density at radius 2 is 1.84 bits per heavy atom. The molecule has 2 heteroatoms. The molecule has 2 aliphatic carbocycles. The maximum absolute atomic E-state index is 12.3. The second-order valence-electron chi connectivity index (χ2n) is 6.08. The third kappa shape index (κ3) is 3.44. The summed E-state index contributed by atoms with van der Waals surface area (Å²) in [7, 11) is 0. The standard InChI is InChI=1S/C17H23NO/c1-2-13-5-7-15(8-6-13)17(19)12-18(16-9-10-16)11-14-3-4-14/h5-8,14,16H,2-4,9-12H2,1H3. The van der Waals surface area contributed by atoms with Gasteiger partial charge in [-0.1, -0.05) is 31.2 Å². The number of hydrogen-bond acceptors (Lipinski definition) is 2. The second kappa shape index (κ2) is 5.46. The van der Waals surface area contributed by atoms with Crippen LogP contribution in [-0.2, 0) is 6.42 Å². The maximum Gasteiger partial charge on any atom is 0.176 e. The number of Topliss-reactive ketones (excluding diaryl/α,β-unsaturated/α-hetero) is 1. The largest absolute Gasteiger partial charge is 0.293 e. The molecule has 1 aromatic rings. The molecule has 2 fully saturated rings. The van der Waals surface area contributed by atoms with Crippen molar-refractivity contribution in [1.82, 2.24) is 4.90 Å². The summed E-state index contributed by atoms with van der Waals surface area (Å²) in [5, 5.41) is 0. The quantitative estimate of drug-likeness (QED) is 0.698. The third-order valence-electron chi connectivity index (χ3n) is 4.28. The van der Waals surface area contributed by atoms with E-state index in [1.807, 2.05) is 12.1 Å². The van der Waals surface area contributed by atoms with Gasteiger partial charge in [-0.05, 0) is 43.6 Å². The summed E-state index contributed by atoms with van der Waals surface area (Å²) >= 11 is 0. The minimum atomic E-state index is 0.287. The van der Waals surface area contributed by atoms with Crippen LogP contribution in [0.15, 0.2) is 24.3 Å². The monoisotopic (exact) mass is 257 g/mol. The van der Waals surface area contributed by atoms with E-state index in [0.717, 1.165) is 24.4 Å². The summed E-state index contributed by atoms with van der Waals surface area (Å²) in [4.78, 5) is 14.8. The van der Waals surface area contributed by atoms with Gasteiger partial charge >= 0.3 is 0 Å². The normalized spacial score (nSPS) is 18.8. The van der Waals surface area contributed by atoms with Crippen LogP contribution in [0, 0.1) is 5.92 Å². The van der Waals surface area contributed by atoms with Gasteiger partial charge in [0, 0.05) is 18.2 Å². The molecule has 19 heavy (non-hydrogen) atoms. The van der Waals surface area contributed by atoms with E-state index in [4.69, 9.17) is 0 Å². The smallest absolute Gasteiger partial charge is 0.176 e. The highest BCUT2D eigenvalue weighted by Gasteiger charge is 2.34. The lowest BCUT2D eigenvalue weighted by molar-refractivity contribution is 0.0921. The molecule has 1 aromatic carbocycles. The Balaban J connectivity index is 1.61. The Morgan fingerprint density at radius 1 is 1.16 bits per heavy atom. The summed E-state index contributed by atoms with van der Waals surface area (Å²) < 4.78 is 0. The van der Waals surface area contributed by atoms with Crippen LogP contribution < -0.4 is 0 Å². The molecular formula is C17H23NO. The van der Waals surface area contributed by atoms with Crippen molar-refractivity contribution in [1.29, 1.82) is 0 Å². The van der Waals surface area contributed by atoms with Gasteiger partial charge in [-0.2, -0.15) is 0 Å². The lowest BCUT2D eigenvalue weighted by atomic mass is 10.1. The number of aryl methyl sites for hydroxylation is 1. The first-order valence-electron chi connectivity index (χ1n) is 7.62. The SMILES string of the molecule is CCc1ccc(C(=O)CN(CC2CC2)C2CC2)cc1. The van der Waals surface area contributed by atoms with Gasteiger partial charge in [-0.15, -0.1) is 0 Å². The van der Waals surface area contributed by atoms with Crippen molar-refractivity contribution in [2.24, 2.45) is 5.92 Å². The molecule has 102 valence electrons. The number of carbonyl (C=O) groups excluding carboxylic acids is 1. The van der Waals surface area contributed by atoms with Crippen molar-refractivity contribution in [3.05, 3.63) is 35.4 Å². The molecule has 0 N–H and O–H groups in total. The van der Waals surface area contributed by atoms with E-state index in [-0.39, 0.29) is 5.78 Å². The molecule has 0 aliphatic heterocycles. The average molecular weight is 257 g/mol. The lowest BCUT2D eigenvalue weighted by Gasteiger charge is -2.20. The third-order valence-corrected chi connectivity index (χ3v) is 4.28. The second-order valence-corrected chi connectivity index (χ2v) is 6.08. The van der Waals surface area contributed by atoms with Gasteiger partial charge < -0.3 is 0 Å². The minimum absolute atomic E-state index is 0.287. The Kier molecular flexibility index (Phi) is 3.69. The van der Waals surface area contributed by atoms with E-state index in [2.05, 4.69) is 24.0 Å². The van der Waals surface area contributed by atoms with Crippen LogP contribution in [0.25, 0.3) is 0 Å². The minimum Gasteiger partial charge on any atom is -0.293 e. The van der Waals surface area contributed by atoms with Gasteiger partial charge in [0.25, 0.3) is 0 Å². The lowest BCUT2D eigenvalue weighted by Crippen LogP contribution is -2.33. The molecule has 0 saturated heterocycles. The van der Waals surface area contributed by atoms with E-state index in [0.29, 0.717) is 12.6 Å². The first kappa shape index (κ1) is 12.9. The van der Waals surface area contributed by atoms with Crippen molar-refractivity contribution in [2.75, 3.05) is 13.1 Å². The molecule has 0 bridgehead atoms. The fourth-order valence-electron chi connectivity index (χ4n) is 2.62. The average Bonchev–Trinajstić information content (AvgIpc) is 3.29. The fraction of sp³-hybridized carbons (Fsp3) is 0.588. The van der Waals surface area contributed by atoms with E-state index >= 15 is 0 Å². The van der Waals surface area contributed by atoms with Crippen molar-refractivity contribution in [3.8, 4) is 0 Å². The maximum atomic E-state index is 12.3. The molecular weight excluding hydrogens is 234 g/mol. The molecule has 0 aromatic heterocycles. The van der Waals surface area contributed by atoms with Gasteiger partial charge in [0.05, 0.1) is 6.54 Å².